The van der Waals surface area contributed by atoms with Gasteiger partial charge in [0.25, 0.3) is 0 Å². The average molecular weight is 347 g/mol. The molecule has 130 valence electrons. The summed E-state index contributed by atoms with van der Waals surface area (Å²) in [5.41, 5.74) is 2.14. The van der Waals surface area contributed by atoms with Gasteiger partial charge in [-0.05, 0) is 12.1 Å². The first kappa shape index (κ1) is 16.4. The Labute approximate surface area is 141 Å². The summed E-state index contributed by atoms with van der Waals surface area (Å²) in [6.07, 6.45) is 1.78. The van der Waals surface area contributed by atoms with E-state index < -0.39 is 6.09 Å². The van der Waals surface area contributed by atoms with Gasteiger partial charge in [0.1, 0.15) is 11.4 Å². The number of aryl methyl sites for hydroxylation is 1. The number of carbonyl (C=O) groups excluding carboxylic acids is 1. The molecule has 10 heteroatoms. The van der Waals surface area contributed by atoms with Crippen LogP contribution in [-0.4, -0.2) is 40.1 Å². The quantitative estimate of drug-likeness (QED) is 0.774. The molecule has 3 heterocycles. The van der Waals surface area contributed by atoms with E-state index in [1.54, 1.807) is 12.3 Å². The number of carbonyl (C=O) groups is 1. The molecule has 3 aromatic heterocycles. The van der Waals surface area contributed by atoms with Gasteiger partial charge in [-0.15, -0.1) is 5.10 Å². The zero-order chi connectivity index (χ0) is 18.0. The van der Waals surface area contributed by atoms with E-state index in [4.69, 9.17) is 9.47 Å². The number of nitrogens with zero attached hydrogens (tertiary/aromatic N) is 4. The molecule has 9 nitrogen and oxygen atoms in total. The van der Waals surface area contributed by atoms with Crippen molar-refractivity contribution in [2.75, 3.05) is 19.5 Å². The first-order valence-corrected chi connectivity index (χ1v) is 7.08. The standard InChI is InChI=1S/C15H14FN5O4/c1-21-9(13-11(23-2)7-18-20-14(13)24-3)4-8-5-12(17-6-10(8)21)19-15(22)25-16/h4-7H,1-3H3,(H,17,19,22). The third kappa shape index (κ3) is 2.89. The molecule has 1 amide bonds. The molecule has 0 spiro atoms. The smallest absolute Gasteiger partial charge is 0.450 e. The van der Waals surface area contributed by atoms with Crippen LogP contribution in [-0.2, 0) is 12.0 Å². The second-order valence-corrected chi connectivity index (χ2v) is 5.00. The van der Waals surface area contributed by atoms with Gasteiger partial charge in [-0.2, -0.15) is 5.10 Å². The highest BCUT2D eigenvalue weighted by Crippen LogP contribution is 2.38. The molecular weight excluding hydrogens is 333 g/mol. The van der Waals surface area contributed by atoms with E-state index in [9.17, 15) is 9.32 Å². The normalized spacial score (nSPS) is 10.6. The van der Waals surface area contributed by atoms with E-state index in [0.717, 1.165) is 16.6 Å². The first-order chi connectivity index (χ1) is 12.1. The number of ether oxygens (including phenoxy) is 2. The van der Waals surface area contributed by atoms with Gasteiger partial charge < -0.3 is 14.0 Å². The number of anilines is 1. The molecule has 0 aliphatic carbocycles. The van der Waals surface area contributed by atoms with Crippen LogP contribution in [0.25, 0.3) is 22.2 Å². The predicted octanol–water partition coefficient (Wildman–Crippen LogP) is 2.48. The maximum Gasteiger partial charge on any atom is 0.450 e. The minimum absolute atomic E-state index is 0.152. The largest absolute Gasteiger partial charge is 0.494 e. The molecule has 0 atom stereocenters. The second kappa shape index (κ2) is 6.59. The van der Waals surface area contributed by atoms with Gasteiger partial charge in [0.05, 0.1) is 37.8 Å². The Morgan fingerprint density at radius 3 is 2.72 bits per heavy atom. The van der Waals surface area contributed by atoms with E-state index >= 15 is 0 Å². The molecular formula is C15H14FN5O4. The summed E-state index contributed by atoms with van der Waals surface area (Å²) in [6, 6.07) is 3.42. The fourth-order valence-corrected chi connectivity index (χ4v) is 2.55. The Kier molecular flexibility index (Phi) is 4.33. The molecule has 3 aromatic rings. The zero-order valence-corrected chi connectivity index (χ0v) is 13.6. The van der Waals surface area contributed by atoms with Crippen molar-refractivity contribution in [2.24, 2.45) is 7.05 Å². The Bertz CT molecular complexity index is 921. The number of fused-ring (bicyclic) bond motifs is 1. The third-order valence-corrected chi connectivity index (χ3v) is 3.68. The number of pyridine rings is 1. The number of halogens is 1. The lowest BCUT2D eigenvalue weighted by atomic mass is 10.2. The van der Waals surface area contributed by atoms with Gasteiger partial charge in [0.2, 0.25) is 5.88 Å². The molecule has 25 heavy (non-hydrogen) atoms. The van der Waals surface area contributed by atoms with Gasteiger partial charge in [-0.1, -0.05) is 0 Å². The van der Waals surface area contributed by atoms with Crippen molar-refractivity contribution in [2.45, 2.75) is 0 Å². The molecule has 0 saturated heterocycles. The van der Waals surface area contributed by atoms with E-state index in [-0.39, 0.29) is 5.82 Å². The van der Waals surface area contributed by atoms with E-state index in [2.05, 4.69) is 25.4 Å². The summed E-state index contributed by atoms with van der Waals surface area (Å²) < 4.78 is 24.4. The average Bonchev–Trinajstić information content (AvgIpc) is 2.96. The molecule has 1 N–H and O–H groups in total. The number of aromatic nitrogens is 4. The SMILES string of the molecule is COc1cnnc(OC)c1-c1cc2cc(NC(=O)OF)ncc2n1C. The van der Waals surface area contributed by atoms with Crippen LogP contribution in [0.15, 0.2) is 24.5 Å². The highest BCUT2D eigenvalue weighted by molar-refractivity contribution is 5.92. The number of amides is 1. The molecule has 0 radical (unpaired) electrons. The van der Waals surface area contributed by atoms with Gasteiger partial charge in [0, 0.05) is 17.0 Å². The van der Waals surface area contributed by atoms with Gasteiger partial charge in [-0.25, -0.2) is 14.7 Å². The topological polar surface area (TPSA) is 100 Å². The number of hydrogen-bond donors (Lipinski definition) is 1. The van der Waals surface area contributed by atoms with Crippen LogP contribution in [0, 0.1) is 0 Å². The Balaban J connectivity index is 2.15. The Hall–Kier alpha value is -3.43. The summed E-state index contributed by atoms with van der Waals surface area (Å²) >= 11 is 0. The van der Waals surface area contributed by atoms with E-state index in [0.29, 0.717) is 17.2 Å². The van der Waals surface area contributed by atoms with Crippen molar-refractivity contribution in [1.82, 2.24) is 19.7 Å². The summed E-state index contributed by atoms with van der Waals surface area (Å²) in [7, 11) is 4.85. The summed E-state index contributed by atoms with van der Waals surface area (Å²) in [4.78, 5) is 18.1. The maximum absolute atomic E-state index is 11.9. The number of hydrogen-bond acceptors (Lipinski definition) is 7. The molecule has 0 bridgehead atoms. The van der Waals surface area contributed by atoms with Crippen LogP contribution in [0.5, 0.6) is 11.6 Å². The summed E-state index contributed by atoms with van der Waals surface area (Å²) in [5.74, 6) is 0.946. The summed E-state index contributed by atoms with van der Waals surface area (Å²) in [5, 5.41) is 10.7. The molecule has 0 saturated carbocycles. The fraction of sp³-hybridized carbons (Fsp3) is 0.200. The molecule has 0 aliphatic heterocycles. The lowest BCUT2D eigenvalue weighted by Crippen LogP contribution is -2.10. The number of methoxy groups -OCH3 is 2. The fourth-order valence-electron chi connectivity index (χ4n) is 2.55. The Morgan fingerprint density at radius 1 is 1.24 bits per heavy atom. The minimum atomic E-state index is -1.25. The highest BCUT2D eigenvalue weighted by atomic mass is 19.3. The first-order valence-electron chi connectivity index (χ1n) is 7.08. The van der Waals surface area contributed by atoms with E-state index in [1.165, 1.54) is 20.4 Å². The van der Waals surface area contributed by atoms with Crippen molar-refractivity contribution in [3.05, 3.63) is 24.5 Å². The van der Waals surface area contributed by atoms with Gasteiger partial charge in [0.15, 0.2) is 5.75 Å². The maximum atomic E-state index is 11.9. The van der Waals surface area contributed by atoms with Crippen LogP contribution >= 0.6 is 0 Å². The molecule has 3 rings (SSSR count). The molecule has 0 unspecified atom stereocenters. The van der Waals surface area contributed by atoms with Gasteiger partial charge >= 0.3 is 6.09 Å². The lowest BCUT2D eigenvalue weighted by molar-refractivity contribution is -0.0544. The predicted molar refractivity (Wildman–Crippen MR) is 86.1 cm³/mol. The Morgan fingerprint density at radius 2 is 2.04 bits per heavy atom. The summed E-state index contributed by atoms with van der Waals surface area (Å²) in [6.45, 7) is 0. The van der Waals surface area contributed by atoms with Crippen LogP contribution in [0.4, 0.5) is 15.1 Å². The third-order valence-electron chi connectivity index (χ3n) is 3.68. The van der Waals surface area contributed by atoms with E-state index in [1.807, 2.05) is 17.7 Å². The zero-order valence-electron chi connectivity index (χ0n) is 13.6. The van der Waals surface area contributed by atoms with Crippen LogP contribution < -0.4 is 14.8 Å². The monoisotopic (exact) mass is 347 g/mol. The molecule has 0 aromatic carbocycles. The molecule has 0 fully saturated rings. The second-order valence-electron chi connectivity index (χ2n) is 5.00. The number of rotatable bonds is 4. The van der Waals surface area contributed by atoms with Crippen molar-refractivity contribution < 1.29 is 23.7 Å². The van der Waals surface area contributed by atoms with Crippen molar-refractivity contribution in [3.8, 4) is 22.9 Å². The van der Waals surface area contributed by atoms with Gasteiger partial charge in [-0.3, -0.25) is 5.32 Å². The molecule has 0 aliphatic rings. The van der Waals surface area contributed by atoms with Crippen LogP contribution in [0.3, 0.4) is 0 Å². The lowest BCUT2D eigenvalue weighted by Gasteiger charge is -2.11. The van der Waals surface area contributed by atoms with Crippen molar-refractivity contribution >= 4 is 22.8 Å². The number of nitrogens with one attached hydrogen (secondary N) is 1. The van der Waals surface area contributed by atoms with Crippen molar-refractivity contribution in [1.29, 1.82) is 0 Å². The van der Waals surface area contributed by atoms with Crippen LogP contribution in [0.2, 0.25) is 0 Å². The highest BCUT2D eigenvalue weighted by Gasteiger charge is 2.19. The minimum Gasteiger partial charge on any atom is -0.494 e. The van der Waals surface area contributed by atoms with Crippen LogP contribution in [0.1, 0.15) is 0 Å². The van der Waals surface area contributed by atoms with Crippen molar-refractivity contribution in [3.63, 3.8) is 0 Å².